The van der Waals surface area contributed by atoms with E-state index in [2.05, 4.69) is 0 Å². The number of hydrogen-bond donors (Lipinski definition) is 0. The summed E-state index contributed by atoms with van der Waals surface area (Å²) in [5.74, 6) is 0.833. The molecule has 0 atom stereocenters. The predicted molar refractivity (Wildman–Crippen MR) is 59.8 cm³/mol. The molecule has 0 amide bonds. The minimum Gasteiger partial charge on any atom is -0.496 e. The van der Waals surface area contributed by atoms with Crippen molar-refractivity contribution < 1.29 is 14.2 Å². The molecule has 0 unspecified atom stereocenters. The highest BCUT2D eigenvalue weighted by Crippen LogP contribution is 2.18. The summed E-state index contributed by atoms with van der Waals surface area (Å²) in [7, 11) is 4.85. The Kier molecular flexibility index (Phi) is 4.87. The van der Waals surface area contributed by atoms with Gasteiger partial charge in [0.2, 0.25) is 0 Å². The van der Waals surface area contributed by atoms with Crippen LogP contribution in [-0.4, -0.2) is 27.6 Å². The number of hydrogen-bond acceptors (Lipinski definition) is 3. The highest BCUT2D eigenvalue weighted by atomic mass is 16.7. The molecule has 0 bridgehead atoms. The van der Waals surface area contributed by atoms with Gasteiger partial charge >= 0.3 is 0 Å². The molecule has 0 fully saturated rings. The van der Waals surface area contributed by atoms with Gasteiger partial charge in [0.25, 0.3) is 0 Å². The van der Waals surface area contributed by atoms with E-state index >= 15 is 0 Å². The third kappa shape index (κ3) is 3.38. The lowest BCUT2D eigenvalue weighted by Crippen LogP contribution is -2.08. The lowest BCUT2D eigenvalue weighted by atomic mass is 10.2. The summed E-state index contributed by atoms with van der Waals surface area (Å²) in [6, 6.07) is 7.77. The molecular weight excluding hydrogens is 192 g/mol. The van der Waals surface area contributed by atoms with Gasteiger partial charge in [0.05, 0.1) is 7.11 Å². The second-order valence-electron chi connectivity index (χ2n) is 2.94. The molecule has 0 saturated carbocycles. The maximum absolute atomic E-state index is 5.21. The van der Waals surface area contributed by atoms with Crippen molar-refractivity contribution in [2.45, 2.75) is 6.29 Å². The molecule has 0 radical (unpaired) electrons. The molecule has 1 rings (SSSR count). The van der Waals surface area contributed by atoms with E-state index in [-0.39, 0.29) is 6.29 Å². The van der Waals surface area contributed by atoms with Gasteiger partial charge in [-0.3, -0.25) is 0 Å². The average molecular weight is 208 g/mol. The minimum atomic E-state index is -0.324. The molecule has 3 nitrogen and oxygen atoms in total. The first-order chi connectivity index (χ1) is 7.31. The molecule has 0 aliphatic heterocycles. The van der Waals surface area contributed by atoms with Crippen LogP contribution < -0.4 is 4.74 Å². The zero-order valence-corrected chi connectivity index (χ0v) is 9.27. The fourth-order valence-corrected chi connectivity index (χ4v) is 1.24. The van der Waals surface area contributed by atoms with Crippen molar-refractivity contribution in [2.24, 2.45) is 0 Å². The van der Waals surface area contributed by atoms with E-state index in [0.717, 1.165) is 11.3 Å². The molecule has 0 N–H and O–H groups in total. The van der Waals surface area contributed by atoms with Gasteiger partial charge in [0.1, 0.15) is 5.75 Å². The Morgan fingerprint density at radius 2 is 1.73 bits per heavy atom. The molecule has 15 heavy (non-hydrogen) atoms. The maximum atomic E-state index is 5.21. The lowest BCUT2D eigenvalue weighted by Gasteiger charge is -2.08. The van der Waals surface area contributed by atoms with Gasteiger partial charge < -0.3 is 14.2 Å². The Balaban J connectivity index is 2.78. The fraction of sp³-hybridized carbons (Fsp3) is 0.333. The van der Waals surface area contributed by atoms with Crippen molar-refractivity contribution in [3.05, 3.63) is 35.9 Å². The molecule has 1 aromatic carbocycles. The van der Waals surface area contributed by atoms with E-state index in [0.29, 0.717) is 0 Å². The van der Waals surface area contributed by atoms with Crippen molar-refractivity contribution in [3.8, 4) is 5.75 Å². The smallest absolute Gasteiger partial charge is 0.176 e. The van der Waals surface area contributed by atoms with Gasteiger partial charge in [-0.1, -0.05) is 24.3 Å². The molecule has 0 aliphatic rings. The Morgan fingerprint density at radius 3 is 2.33 bits per heavy atom. The van der Waals surface area contributed by atoms with Crippen molar-refractivity contribution in [1.82, 2.24) is 0 Å². The molecule has 3 heteroatoms. The summed E-state index contributed by atoms with van der Waals surface area (Å²) >= 11 is 0. The third-order valence-electron chi connectivity index (χ3n) is 2.04. The van der Waals surface area contributed by atoms with Crippen molar-refractivity contribution in [2.75, 3.05) is 21.3 Å². The molecule has 0 spiro atoms. The van der Waals surface area contributed by atoms with Crippen LogP contribution in [0.4, 0.5) is 0 Å². The number of benzene rings is 1. The second kappa shape index (κ2) is 6.22. The first kappa shape index (κ1) is 11.8. The van der Waals surface area contributed by atoms with Gasteiger partial charge in [-0.2, -0.15) is 0 Å². The van der Waals surface area contributed by atoms with Crippen molar-refractivity contribution >= 4 is 6.08 Å². The summed E-state index contributed by atoms with van der Waals surface area (Å²) in [4.78, 5) is 0. The van der Waals surface area contributed by atoms with E-state index in [4.69, 9.17) is 14.2 Å². The third-order valence-corrected chi connectivity index (χ3v) is 2.04. The van der Waals surface area contributed by atoms with Crippen LogP contribution >= 0.6 is 0 Å². The van der Waals surface area contributed by atoms with Crippen LogP contribution in [0.15, 0.2) is 30.3 Å². The number of ether oxygens (including phenoxy) is 3. The first-order valence-corrected chi connectivity index (χ1v) is 4.68. The van der Waals surface area contributed by atoms with Gasteiger partial charge in [0, 0.05) is 19.8 Å². The average Bonchev–Trinajstić information content (AvgIpc) is 2.31. The SMILES string of the molecule is COc1ccccc1/C=C/C(OC)OC. The van der Waals surface area contributed by atoms with Gasteiger partial charge in [-0.15, -0.1) is 0 Å². The zero-order valence-electron chi connectivity index (χ0n) is 9.27. The van der Waals surface area contributed by atoms with Crippen LogP contribution in [0.1, 0.15) is 5.56 Å². The Hall–Kier alpha value is -1.32. The standard InChI is InChI=1S/C12H16O3/c1-13-11-7-5-4-6-10(11)8-9-12(14-2)15-3/h4-9,12H,1-3H3/b9-8+. The van der Waals surface area contributed by atoms with Crippen LogP contribution in [0.25, 0.3) is 6.08 Å². The highest BCUT2D eigenvalue weighted by molar-refractivity contribution is 5.57. The molecule has 0 aromatic heterocycles. The molecule has 0 saturated heterocycles. The van der Waals surface area contributed by atoms with Crippen LogP contribution in [0.2, 0.25) is 0 Å². The fourth-order valence-electron chi connectivity index (χ4n) is 1.24. The highest BCUT2D eigenvalue weighted by Gasteiger charge is 2.00. The lowest BCUT2D eigenvalue weighted by molar-refractivity contribution is -0.0660. The van der Waals surface area contributed by atoms with E-state index < -0.39 is 0 Å². The van der Waals surface area contributed by atoms with Gasteiger partial charge in [-0.05, 0) is 12.1 Å². The van der Waals surface area contributed by atoms with E-state index in [1.165, 1.54) is 0 Å². The number of para-hydroxylation sites is 1. The Morgan fingerprint density at radius 1 is 1.07 bits per heavy atom. The molecule has 1 aromatic rings. The first-order valence-electron chi connectivity index (χ1n) is 4.68. The van der Waals surface area contributed by atoms with Crippen LogP contribution in [0.3, 0.4) is 0 Å². The predicted octanol–water partition coefficient (Wildman–Crippen LogP) is 2.33. The summed E-state index contributed by atoms with van der Waals surface area (Å²) in [6.45, 7) is 0. The maximum Gasteiger partial charge on any atom is 0.176 e. The van der Waals surface area contributed by atoms with Crippen LogP contribution in [-0.2, 0) is 9.47 Å². The Labute approximate surface area is 90.3 Å². The molecular formula is C12H16O3. The Bertz CT molecular complexity index is 316. The van der Waals surface area contributed by atoms with E-state index in [9.17, 15) is 0 Å². The summed E-state index contributed by atoms with van der Waals surface area (Å²) in [5.41, 5.74) is 0.999. The van der Waals surface area contributed by atoms with Crippen LogP contribution in [0, 0.1) is 0 Å². The summed E-state index contributed by atoms with van der Waals surface area (Å²) < 4.78 is 15.3. The minimum absolute atomic E-state index is 0.324. The number of rotatable bonds is 5. The topological polar surface area (TPSA) is 27.7 Å². The largest absolute Gasteiger partial charge is 0.496 e. The summed E-state index contributed by atoms with van der Waals surface area (Å²) in [6.07, 6.45) is 3.42. The van der Waals surface area contributed by atoms with Crippen molar-refractivity contribution in [1.29, 1.82) is 0 Å². The quantitative estimate of drug-likeness (QED) is 0.695. The molecule has 0 aliphatic carbocycles. The van der Waals surface area contributed by atoms with Crippen molar-refractivity contribution in [3.63, 3.8) is 0 Å². The second-order valence-corrected chi connectivity index (χ2v) is 2.94. The van der Waals surface area contributed by atoms with Gasteiger partial charge in [0.15, 0.2) is 6.29 Å². The van der Waals surface area contributed by atoms with E-state index in [1.807, 2.05) is 36.4 Å². The van der Waals surface area contributed by atoms with Gasteiger partial charge in [-0.25, -0.2) is 0 Å². The molecule has 0 heterocycles. The van der Waals surface area contributed by atoms with E-state index in [1.54, 1.807) is 21.3 Å². The number of methoxy groups -OCH3 is 3. The van der Waals surface area contributed by atoms with Crippen LogP contribution in [0.5, 0.6) is 5.75 Å². The summed E-state index contributed by atoms with van der Waals surface area (Å²) in [5, 5.41) is 0. The molecule has 82 valence electrons. The monoisotopic (exact) mass is 208 g/mol. The normalized spacial score (nSPS) is 11.2. The zero-order chi connectivity index (χ0) is 11.1.